The summed E-state index contributed by atoms with van der Waals surface area (Å²) in [5.74, 6) is 2.08. The summed E-state index contributed by atoms with van der Waals surface area (Å²) < 4.78 is 12.7. The molecule has 0 N–H and O–H groups in total. The summed E-state index contributed by atoms with van der Waals surface area (Å²) >= 11 is 3.01. The van der Waals surface area contributed by atoms with Crippen LogP contribution in [0.15, 0.2) is 69.0 Å². The zero-order valence-electron chi connectivity index (χ0n) is 15.7. The predicted octanol–water partition coefficient (Wildman–Crippen LogP) is 4.25. The summed E-state index contributed by atoms with van der Waals surface area (Å²) in [6.45, 7) is 1.08. The van der Waals surface area contributed by atoms with Crippen LogP contribution in [0, 0.1) is 0 Å². The van der Waals surface area contributed by atoms with Gasteiger partial charge >= 0.3 is 0 Å². The molecule has 0 atom stereocenters. The van der Waals surface area contributed by atoms with Crippen molar-refractivity contribution in [3.05, 3.63) is 69.8 Å². The third-order valence-corrected chi connectivity index (χ3v) is 6.89. The fourth-order valence-corrected chi connectivity index (χ4v) is 5.51. The lowest BCUT2D eigenvalue weighted by atomic mass is 10.1. The van der Waals surface area contributed by atoms with Gasteiger partial charge in [-0.1, -0.05) is 42.1 Å². The summed E-state index contributed by atoms with van der Waals surface area (Å²) in [6.07, 6.45) is 0. The van der Waals surface area contributed by atoms with Crippen LogP contribution in [0.2, 0.25) is 0 Å². The van der Waals surface area contributed by atoms with Crippen LogP contribution in [-0.4, -0.2) is 34.3 Å². The molecule has 2 aliphatic heterocycles. The van der Waals surface area contributed by atoms with Gasteiger partial charge in [0.1, 0.15) is 18.0 Å². The number of aromatic nitrogens is 2. The van der Waals surface area contributed by atoms with Gasteiger partial charge in [-0.05, 0) is 23.8 Å². The molecule has 0 fully saturated rings. The molecular formula is C22H15N3O3S2. The van der Waals surface area contributed by atoms with Gasteiger partial charge in [-0.3, -0.25) is 4.79 Å². The Balaban J connectivity index is 1.49. The first-order valence-corrected chi connectivity index (χ1v) is 11.3. The van der Waals surface area contributed by atoms with E-state index in [1.807, 2.05) is 53.9 Å². The average Bonchev–Trinajstić information content (AvgIpc) is 3.23. The molecule has 0 amide bonds. The van der Waals surface area contributed by atoms with Crippen molar-refractivity contribution < 1.29 is 9.47 Å². The molecule has 0 saturated heterocycles. The first kappa shape index (κ1) is 17.7. The largest absolute Gasteiger partial charge is 0.486 e. The van der Waals surface area contributed by atoms with Crippen LogP contribution in [0.4, 0.5) is 0 Å². The van der Waals surface area contributed by atoms with Crippen LogP contribution >= 0.6 is 23.1 Å². The summed E-state index contributed by atoms with van der Waals surface area (Å²) in [5, 5.41) is 7.91. The second-order valence-electron chi connectivity index (χ2n) is 6.90. The van der Waals surface area contributed by atoms with Crippen molar-refractivity contribution in [3.8, 4) is 22.6 Å². The number of thiophene rings is 1. The van der Waals surface area contributed by atoms with Gasteiger partial charge in [0, 0.05) is 22.3 Å². The van der Waals surface area contributed by atoms with Crippen molar-refractivity contribution in [2.24, 2.45) is 5.10 Å². The van der Waals surface area contributed by atoms with Gasteiger partial charge in [0.15, 0.2) is 16.7 Å². The topological polar surface area (TPSA) is 65.7 Å². The molecule has 0 unspecified atom stereocenters. The highest BCUT2D eigenvalue weighted by Gasteiger charge is 2.22. The van der Waals surface area contributed by atoms with Crippen molar-refractivity contribution in [3.63, 3.8) is 0 Å². The quantitative estimate of drug-likeness (QED) is 0.442. The predicted molar refractivity (Wildman–Crippen MR) is 119 cm³/mol. The number of fused-ring (bicyclic) bond motifs is 3. The minimum Gasteiger partial charge on any atom is -0.486 e. The second kappa shape index (κ2) is 7.00. The van der Waals surface area contributed by atoms with E-state index < -0.39 is 0 Å². The van der Waals surface area contributed by atoms with E-state index in [1.165, 1.54) is 27.8 Å². The van der Waals surface area contributed by atoms with E-state index in [9.17, 15) is 4.79 Å². The number of nitrogens with zero attached hydrogens (tertiary/aromatic N) is 3. The molecule has 8 heteroatoms. The van der Waals surface area contributed by atoms with Crippen molar-refractivity contribution >= 4 is 39.0 Å². The lowest BCUT2D eigenvalue weighted by molar-refractivity contribution is 0.171. The molecule has 0 aliphatic carbocycles. The van der Waals surface area contributed by atoms with E-state index in [2.05, 4.69) is 5.10 Å². The van der Waals surface area contributed by atoms with Crippen molar-refractivity contribution in [2.45, 2.75) is 5.16 Å². The SMILES string of the molecule is O=c1c2c(-c3ccccc3)csc2nc2n1N=C(c1ccc3c(c1)OCCO3)CS2. The maximum Gasteiger partial charge on any atom is 0.284 e. The normalized spacial score (nSPS) is 15.0. The van der Waals surface area contributed by atoms with Gasteiger partial charge in [0.25, 0.3) is 5.56 Å². The van der Waals surface area contributed by atoms with E-state index in [-0.39, 0.29) is 5.56 Å². The van der Waals surface area contributed by atoms with E-state index in [1.54, 1.807) is 0 Å². The Kier molecular flexibility index (Phi) is 4.14. The first-order chi connectivity index (χ1) is 14.8. The summed E-state index contributed by atoms with van der Waals surface area (Å²) in [4.78, 5) is 18.9. The van der Waals surface area contributed by atoms with E-state index in [4.69, 9.17) is 14.5 Å². The monoisotopic (exact) mass is 433 g/mol. The number of hydrogen-bond donors (Lipinski definition) is 0. The highest BCUT2D eigenvalue weighted by molar-refractivity contribution is 7.99. The maximum absolute atomic E-state index is 13.4. The minimum atomic E-state index is -0.141. The number of hydrogen-bond acceptors (Lipinski definition) is 7. The molecule has 0 saturated carbocycles. The van der Waals surface area contributed by atoms with E-state index >= 15 is 0 Å². The van der Waals surface area contributed by atoms with Crippen LogP contribution in [0.25, 0.3) is 21.3 Å². The number of thioether (sulfide) groups is 1. The van der Waals surface area contributed by atoms with Crippen LogP contribution < -0.4 is 15.0 Å². The molecular weight excluding hydrogens is 418 g/mol. The Hall–Kier alpha value is -3.10. The summed E-state index contributed by atoms with van der Waals surface area (Å²) in [5.41, 5.74) is 3.48. The molecule has 6 nitrogen and oxygen atoms in total. The Morgan fingerprint density at radius 3 is 2.67 bits per heavy atom. The molecule has 6 rings (SSSR count). The Morgan fingerprint density at radius 2 is 1.80 bits per heavy atom. The molecule has 0 radical (unpaired) electrons. The minimum absolute atomic E-state index is 0.141. The lowest BCUT2D eigenvalue weighted by Crippen LogP contribution is -2.25. The first-order valence-electron chi connectivity index (χ1n) is 9.48. The molecule has 4 aromatic rings. The number of rotatable bonds is 2. The Labute approximate surface area is 179 Å². The van der Waals surface area contributed by atoms with E-state index in [0.29, 0.717) is 35.3 Å². The second-order valence-corrected chi connectivity index (χ2v) is 8.70. The number of benzene rings is 2. The van der Waals surface area contributed by atoms with Gasteiger partial charge in [-0.25, -0.2) is 4.98 Å². The van der Waals surface area contributed by atoms with Crippen molar-refractivity contribution in [1.29, 1.82) is 0 Å². The molecule has 0 spiro atoms. The standard InChI is InChI=1S/C22H15N3O3S2/c26-21-19-15(13-4-2-1-3-5-13)11-29-20(19)23-22-25(21)24-16(12-30-22)14-6-7-17-18(10-14)28-9-8-27-17/h1-7,10-11H,8-9,12H2. The van der Waals surface area contributed by atoms with Gasteiger partial charge in [0.05, 0.1) is 11.1 Å². The highest BCUT2D eigenvalue weighted by Crippen LogP contribution is 2.34. The summed E-state index contributed by atoms with van der Waals surface area (Å²) in [6, 6.07) is 15.7. The molecule has 0 bridgehead atoms. The molecule has 2 aliphatic rings. The number of ether oxygens (including phenoxy) is 2. The molecule has 30 heavy (non-hydrogen) atoms. The van der Waals surface area contributed by atoms with Crippen LogP contribution in [0.5, 0.6) is 11.5 Å². The lowest BCUT2D eigenvalue weighted by Gasteiger charge is -2.20. The molecule has 148 valence electrons. The molecule has 2 aromatic heterocycles. The van der Waals surface area contributed by atoms with Crippen LogP contribution in [0.3, 0.4) is 0 Å². The highest BCUT2D eigenvalue weighted by atomic mass is 32.2. The Morgan fingerprint density at radius 1 is 0.967 bits per heavy atom. The van der Waals surface area contributed by atoms with Crippen molar-refractivity contribution in [1.82, 2.24) is 9.66 Å². The third kappa shape index (κ3) is 2.83. The van der Waals surface area contributed by atoms with Crippen LogP contribution in [0.1, 0.15) is 5.56 Å². The average molecular weight is 434 g/mol. The van der Waals surface area contributed by atoms with Gasteiger partial charge < -0.3 is 9.47 Å². The van der Waals surface area contributed by atoms with Crippen molar-refractivity contribution in [2.75, 3.05) is 19.0 Å². The summed E-state index contributed by atoms with van der Waals surface area (Å²) in [7, 11) is 0. The molecule has 2 aromatic carbocycles. The zero-order chi connectivity index (χ0) is 20.1. The third-order valence-electron chi connectivity index (χ3n) is 5.08. The van der Waals surface area contributed by atoms with Gasteiger partial charge in [-0.2, -0.15) is 9.78 Å². The van der Waals surface area contributed by atoms with Gasteiger partial charge in [0.2, 0.25) is 0 Å². The maximum atomic E-state index is 13.4. The van der Waals surface area contributed by atoms with Gasteiger partial charge in [-0.15, -0.1) is 11.3 Å². The fraction of sp³-hybridized carbons (Fsp3) is 0.136. The Bertz CT molecular complexity index is 1380. The van der Waals surface area contributed by atoms with E-state index in [0.717, 1.165) is 33.0 Å². The van der Waals surface area contributed by atoms with Crippen LogP contribution in [-0.2, 0) is 0 Å². The smallest absolute Gasteiger partial charge is 0.284 e. The fourth-order valence-electron chi connectivity index (χ4n) is 3.62. The molecule has 4 heterocycles. The zero-order valence-corrected chi connectivity index (χ0v) is 17.3.